The average molecular weight is 540 g/mol. The average Bonchev–Trinajstić information content (AvgIpc) is 3.28. The van der Waals surface area contributed by atoms with Crippen LogP contribution in [-0.2, 0) is 24.1 Å². The van der Waals surface area contributed by atoms with E-state index in [2.05, 4.69) is 31.7 Å². The number of hydrogen-bond acceptors (Lipinski definition) is 5. The number of hydrogen-bond donors (Lipinski definition) is 2. The SMILES string of the molecule is COC(=O)c1c(NC(=S)Nc2nn(Cc3ccc(Cl)cc3)cc2Br)sc2c1CCCC2. The number of rotatable bonds is 5. The van der Waals surface area contributed by atoms with Crippen molar-refractivity contribution >= 4 is 73.0 Å². The van der Waals surface area contributed by atoms with E-state index >= 15 is 0 Å². The maximum absolute atomic E-state index is 12.4. The number of benzene rings is 1. The molecule has 1 aliphatic rings. The van der Waals surface area contributed by atoms with Gasteiger partial charge in [0.15, 0.2) is 10.9 Å². The predicted octanol–water partition coefficient (Wildman–Crippen LogP) is 5.88. The number of carbonyl (C=O) groups is 1. The van der Waals surface area contributed by atoms with E-state index in [0.29, 0.717) is 33.1 Å². The molecule has 0 radical (unpaired) electrons. The first-order chi connectivity index (χ1) is 14.9. The third-order valence-electron chi connectivity index (χ3n) is 4.99. The van der Waals surface area contributed by atoms with Crippen LogP contribution in [0.2, 0.25) is 5.02 Å². The molecule has 2 heterocycles. The molecule has 0 aliphatic heterocycles. The van der Waals surface area contributed by atoms with E-state index in [4.69, 9.17) is 28.6 Å². The number of thiocarbonyl (C=S) groups is 1. The van der Waals surface area contributed by atoms with Crippen LogP contribution in [0.5, 0.6) is 0 Å². The Balaban J connectivity index is 1.48. The van der Waals surface area contributed by atoms with Crippen LogP contribution in [0.1, 0.15) is 39.2 Å². The Labute approximate surface area is 203 Å². The molecule has 10 heteroatoms. The molecule has 0 saturated heterocycles. The lowest BCUT2D eigenvalue weighted by atomic mass is 9.95. The smallest absolute Gasteiger partial charge is 0.341 e. The molecule has 0 unspecified atom stereocenters. The Hall–Kier alpha value is -1.94. The topological polar surface area (TPSA) is 68.2 Å². The Morgan fingerprint density at radius 1 is 1.29 bits per heavy atom. The third-order valence-corrected chi connectivity index (χ3v) is 7.24. The summed E-state index contributed by atoms with van der Waals surface area (Å²) in [7, 11) is 1.40. The van der Waals surface area contributed by atoms with Crippen molar-refractivity contribution in [3.63, 3.8) is 0 Å². The molecule has 3 aromatic rings. The van der Waals surface area contributed by atoms with E-state index in [0.717, 1.165) is 41.3 Å². The highest BCUT2D eigenvalue weighted by Crippen LogP contribution is 2.38. The van der Waals surface area contributed by atoms with Gasteiger partial charge in [-0.1, -0.05) is 23.7 Å². The van der Waals surface area contributed by atoms with Crippen LogP contribution < -0.4 is 10.6 Å². The summed E-state index contributed by atoms with van der Waals surface area (Å²) in [4.78, 5) is 13.6. The van der Waals surface area contributed by atoms with E-state index in [1.165, 1.54) is 12.0 Å². The van der Waals surface area contributed by atoms with Crippen molar-refractivity contribution in [1.29, 1.82) is 0 Å². The Bertz CT molecular complexity index is 1130. The van der Waals surface area contributed by atoms with E-state index < -0.39 is 0 Å². The van der Waals surface area contributed by atoms with Gasteiger partial charge in [0.05, 0.1) is 23.7 Å². The van der Waals surface area contributed by atoms with Gasteiger partial charge in [-0.15, -0.1) is 11.3 Å². The predicted molar refractivity (Wildman–Crippen MR) is 133 cm³/mol. The summed E-state index contributed by atoms with van der Waals surface area (Å²) in [5.74, 6) is 0.255. The minimum Gasteiger partial charge on any atom is -0.465 e. The van der Waals surface area contributed by atoms with Crippen LogP contribution in [-0.4, -0.2) is 28.0 Å². The number of anilines is 2. The molecule has 2 N–H and O–H groups in total. The molecule has 0 bridgehead atoms. The molecule has 0 saturated carbocycles. The lowest BCUT2D eigenvalue weighted by Gasteiger charge is -2.12. The van der Waals surface area contributed by atoms with Crippen molar-refractivity contribution in [1.82, 2.24) is 9.78 Å². The monoisotopic (exact) mass is 538 g/mol. The van der Waals surface area contributed by atoms with Crippen LogP contribution in [0, 0.1) is 0 Å². The molecule has 0 amide bonds. The van der Waals surface area contributed by atoms with E-state index in [-0.39, 0.29) is 5.97 Å². The lowest BCUT2D eigenvalue weighted by Crippen LogP contribution is -2.21. The van der Waals surface area contributed by atoms with Crippen molar-refractivity contribution < 1.29 is 9.53 Å². The zero-order chi connectivity index (χ0) is 22.0. The second-order valence-corrected chi connectivity index (χ2v) is 9.94. The normalized spacial score (nSPS) is 12.9. The number of carbonyl (C=O) groups excluding carboxylic acids is 1. The first-order valence-electron chi connectivity index (χ1n) is 9.73. The summed E-state index contributed by atoms with van der Waals surface area (Å²) in [5.41, 5.74) is 2.76. The van der Waals surface area contributed by atoms with Crippen molar-refractivity contribution in [2.75, 3.05) is 17.7 Å². The van der Waals surface area contributed by atoms with Crippen molar-refractivity contribution in [2.45, 2.75) is 32.2 Å². The molecular weight excluding hydrogens is 520 g/mol. The number of methoxy groups -OCH3 is 1. The lowest BCUT2D eigenvalue weighted by molar-refractivity contribution is 0.0601. The molecule has 2 aromatic heterocycles. The van der Waals surface area contributed by atoms with Gasteiger partial charge in [-0.2, -0.15) is 5.10 Å². The number of ether oxygens (including phenoxy) is 1. The van der Waals surface area contributed by atoms with Gasteiger partial charge in [0, 0.05) is 16.1 Å². The minimum absolute atomic E-state index is 0.335. The Kier molecular flexibility index (Phi) is 6.95. The third kappa shape index (κ3) is 5.11. The second kappa shape index (κ2) is 9.68. The second-order valence-electron chi connectivity index (χ2n) is 7.14. The number of aryl methyl sites for hydroxylation is 1. The Morgan fingerprint density at radius 2 is 2.03 bits per heavy atom. The van der Waals surface area contributed by atoms with Gasteiger partial charge in [0.1, 0.15) is 5.00 Å². The quantitative estimate of drug-likeness (QED) is 0.312. The molecule has 0 fully saturated rings. The molecular formula is C21H20BrClN4O2S2. The molecule has 31 heavy (non-hydrogen) atoms. The van der Waals surface area contributed by atoms with Gasteiger partial charge in [0.2, 0.25) is 0 Å². The number of nitrogens with zero attached hydrogens (tertiary/aromatic N) is 2. The number of esters is 1. The van der Waals surface area contributed by atoms with Crippen LogP contribution in [0.4, 0.5) is 10.8 Å². The fourth-order valence-electron chi connectivity index (χ4n) is 3.55. The zero-order valence-electron chi connectivity index (χ0n) is 16.7. The molecule has 1 aliphatic carbocycles. The summed E-state index contributed by atoms with van der Waals surface area (Å²) in [5, 5.41) is 12.6. The zero-order valence-corrected chi connectivity index (χ0v) is 20.7. The van der Waals surface area contributed by atoms with Gasteiger partial charge in [-0.25, -0.2) is 4.79 Å². The molecule has 4 rings (SSSR count). The molecule has 162 valence electrons. The highest BCUT2D eigenvalue weighted by molar-refractivity contribution is 9.10. The standard InChI is InChI=1S/C21H20BrClN4O2S2/c1-29-20(28)17-14-4-2-3-5-16(14)31-19(17)25-21(30)24-18-15(22)11-27(26-18)10-12-6-8-13(23)9-7-12/h6-9,11H,2-5,10H2,1H3,(H2,24,25,26,30). The van der Waals surface area contributed by atoms with Gasteiger partial charge >= 0.3 is 5.97 Å². The number of nitrogens with one attached hydrogen (secondary N) is 2. The van der Waals surface area contributed by atoms with E-state index in [1.54, 1.807) is 11.3 Å². The maximum Gasteiger partial charge on any atom is 0.341 e. The maximum atomic E-state index is 12.4. The van der Waals surface area contributed by atoms with Gasteiger partial charge in [-0.05, 0) is 77.1 Å². The highest BCUT2D eigenvalue weighted by atomic mass is 79.9. The molecule has 6 nitrogen and oxygen atoms in total. The van der Waals surface area contributed by atoms with Crippen molar-refractivity contribution in [2.24, 2.45) is 0 Å². The largest absolute Gasteiger partial charge is 0.465 e. The summed E-state index contributed by atoms with van der Waals surface area (Å²) in [6, 6.07) is 7.63. The molecule has 1 aromatic carbocycles. The fourth-order valence-corrected chi connectivity index (χ4v) is 5.64. The first-order valence-corrected chi connectivity index (χ1v) is 12.1. The molecule has 0 spiro atoms. The van der Waals surface area contributed by atoms with Crippen molar-refractivity contribution in [3.05, 3.63) is 61.5 Å². The van der Waals surface area contributed by atoms with Gasteiger partial charge in [-0.3, -0.25) is 4.68 Å². The van der Waals surface area contributed by atoms with Gasteiger partial charge < -0.3 is 15.4 Å². The molecule has 0 atom stereocenters. The van der Waals surface area contributed by atoms with Crippen LogP contribution >= 0.6 is 51.1 Å². The Morgan fingerprint density at radius 3 is 2.77 bits per heavy atom. The first kappa shape index (κ1) is 22.3. The van der Waals surface area contributed by atoms with E-state index in [1.807, 2.05) is 35.1 Å². The van der Waals surface area contributed by atoms with Crippen LogP contribution in [0.25, 0.3) is 0 Å². The summed E-state index contributed by atoms with van der Waals surface area (Å²) < 4.78 is 7.61. The highest BCUT2D eigenvalue weighted by Gasteiger charge is 2.26. The van der Waals surface area contributed by atoms with Crippen molar-refractivity contribution in [3.8, 4) is 0 Å². The van der Waals surface area contributed by atoms with Crippen LogP contribution in [0.15, 0.2) is 34.9 Å². The van der Waals surface area contributed by atoms with Gasteiger partial charge in [0.25, 0.3) is 0 Å². The number of aromatic nitrogens is 2. The number of halogens is 2. The minimum atomic E-state index is -0.335. The fraction of sp³-hybridized carbons (Fsp3) is 0.286. The summed E-state index contributed by atoms with van der Waals surface area (Å²) in [6.07, 6.45) is 5.96. The summed E-state index contributed by atoms with van der Waals surface area (Å²) in [6.45, 7) is 0.599. The van der Waals surface area contributed by atoms with E-state index in [9.17, 15) is 4.79 Å². The number of thiophene rings is 1. The summed E-state index contributed by atoms with van der Waals surface area (Å²) >= 11 is 16.5. The van der Waals surface area contributed by atoms with Crippen LogP contribution in [0.3, 0.4) is 0 Å². The number of fused-ring (bicyclic) bond motifs is 1.